The van der Waals surface area contributed by atoms with Gasteiger partial charge in [-0.25, -0.2) is 0 Å². The van der Waals surface area contributed by atoms with Gasteiger partial charge in [-0.15, -0.1) is 0 Å². The molecule has 2 aromatic rings. The van der Waals surface area contributed by atoms with Gasteiger partial charge >= 0.3 is 0 Å². The van der Waals surface area contributed by atoms with E-state index in [1.165, 1.54) is 19.1 Å². The topological polar surface area (TPSA) is 75.9 Å². The van der Waals surface area contributed by atoms with Crippen molar-refractivity contribution in [2.45, 2.75) is 17.7 Å². The number of rotatable bonds is 7. The Bertz CT molecular complexity index is 923. The average Bonchev–Trinajstić information content (AvgIpc) is 3.32. The summed E-state index contributed by atoms with van der Waals surface area (Å²) < 4.78 is 5.42. The molecule has 0 saturated carbocycles. The molecule has 2 atom stereocenters. The van der Waals surface area contributed by atoms with E-state index in [-0.39, 0.29) is 5.91 Å². The highest BCUT2D eigenvalue weighted by Gasteiger charge is 2.41. The number of amides is 2. The lowest BCUT2D eigenvalue weighted by atomic mass is 10.0. The van der Waals surface area contributed by atoms with Crippen LogP contribution in [0, 0.1) is 11.8 Å². The number of hydrogen-bond acceptors (Lipinski definition) is 5. The Balaban J connectivity index is 1.30. The van der Waals surface area contributed by atoms with Crippen molar-refractivity contribution in [1.29, 1.82) is 0 Å². The first-order valence-electron chi connectivity index (χ1n) is 10.7. The molecule has 2 fully saturated rings. The van der Waals surface area contributed by atoms with Crippen molar-refractivity contribution in [3.63, 3.8) is 0 Å². The zero-order valence-electron chi connectivity index (χ0n) is 17.8. The zero-order chi connectivity index (χ0) is 21.8. The van der Waals surface area contributed by atoms with Gasteiger partial charge in [-0.05, 0) is 66.7 Å². The van der Waals surface area contributed by atoms with Gasteiger partial charge in [-0.1, -0.05) is 30.3 Å². The van der Waals surface area contributed by atoms with E-state index in [1.54, 1.807) is 18.2 Å². The maximum absolute atomic E-state index is 13.1. The van der Waals surface area contributed by atoms with Gasteiger partial charge in [0.05, 0.1) is 12.7 Å². The molecule has 0 bridgehead atoms. The molecule has 2 saturated heterocycles. The minimum atomic E-state index is -0.484. The van der Waals surface area contributed by atoms with E-state index in [1.807, 2.05) is 4.90 Å². The number of carbonyl (C=O) groups is 2. The minimum absolute atomic E-state index is 0.00231. The number of likely N-dealkylation sites (tertiary alicyclic amines) is 2. The van der Waals surface area contributed by atoms with Crippen molar-refractivity contribution in [3.05, 3.63) is 59.7 Å². The maximum Gasteiger partial charge on any atom is 0.281 e. The number of nitrogens with two attached hydrogens (primary N) is 1. The number of fused-ring (bicyclic) bond motifs is 1. The van der Waals surface area contributed by atoms with Crippen LogP contribution in [0.15, 0.2) is 53.4 Å². The number of hydrogen-bond donors (Lipinski definition) is 1. The molecule has 0 spiro atoms. The summed E-state index contributed by atoms with van der Waals surface area (Å²) in [5.74, 6) is 1.56. The number of aryl methyl sites for hydroxylation is 1. The van der Waals surface area contributed by atoms with Crippen molar-refractivity contribution in [3.8, 4) is 5.75 Å². The number of thioether (sulfide) groups is 1. The van der Waals surface area contributed by atoms with Gasteiger partial charge in [0.25, 0.3) is 11.1 Å². The highest BCUT2D eigenvalue weighted by atomic mass is 32.2. The molecule has 31 heavy (non-hydrogen) atoms. The quantitative estimate of drug-likeness (QED) is 0.668. The van der Waals surface area contributed by atoms with Gasteiger partial charge in [0.15, 0.2) is 0 Å². The molecule has 164 valence electrons. The lowest BCUT2D eigenvalue weighted by Gasteiger charge is -2.22. The van der Waals surface area contributed by atoms with E-state index in [0.29, 0.717) is 28.0 Å². The number of nitrogens with zero attached hydrogens (tertiary/aromatic N) is 2. The lowest BCUT2D eigenvalue weighted by Crippen LogP contribution is -2.33. The molecule has 0 aromatic heterocycles. The number of methoxy groups -OCH3 is 1. The fourth-order valence-electron chi connectivity index (χ4n) is 4.79. The molecule has 7 heteroatoms. The van der Waals surface area contributed by atoms with Crippen LogP contribution >= 0.6 is 11.8 Å². The molecule has 2 aliphatic rings. The first kappa shape index (κ1) is 21.7. The summed E-state index contributed by atoms with van der Waals surface area (Å²) in [6.07, 6.45) is 2.28. The largest absolute Gasteiger partial charge is 0.496 e. The summed E-state index contributed by atoms with van der Waals surface area (Å²) >= 11 is 0.928. The third-order valence-electron chi connectivity index (χ3n) is 6.25. The molecule has 0 radical (unpaired) electrons. The fraction of sp³-hybridized carbons (Fsp3) is 0.417. The van der Waals surface area contributed by atoms with Crippen LogP contribution < -0.4 is 10.5 Å². The van der Waals surface area contributed by atoms with Gasteiger partial charge in [0.1, 0.15) is 5.75 Å². The van der Waals surface area contributed by atoms with Crippen LogP contribution in [0.2, 0.25) is 0 Å². The molecule has 2 heterocycles. The molecule has 6 nitrogen and oxygen atoms in total. The van der Waals surface area contributed by atoms with Crippen LogP contribution in [0.25, 0.3) is 0 Å². The molecule has 2 N–H and O–H groups in total. The smallest absolute Gasteiger partial charge is 0.281 e. The second-order valence-electron chi connectivity index (χ2n) is 8.36. The monoisotopic (exact) mass is 439 g/mol. The zero-order valence-corrected chi connectivity index (χ0v) is 18.6. The molecule has 2 aliphatic heterocycles. The van der Waals surface area contributed by atoms with Crippen molar-refractivity contribution in [2.24, 2.45) is 17.6 Å². The summed E-state index contributed by atoms with van der Waals surface area (Å²) in [4.78, 5) is 29.5. The van der Waals surface area contributed by atoms with Gasteiger partial charge in [0, 0.05) is 31.1 Å². The third kappa shape index (κ3) is 5.22. The van der Waals surface area contributed by atoms with Crippen LogP contribution in [0.3, 0.4) is 0 Å². The molecule has 2 aromatic carbocycles. The molecule has 0 aliphatic carbocycles. The Morgan fingerprint density at radius 3 is 2.42 bits per heavy atom. The molecule has 4 rings (SSSR count). The number of ether oxygens (including phenoxy) is 1. The SMILES string of the molecule is COc1cc(SC(N)=O)ccc1C(=O)N1CC2CN(CCCc3ccccc3)C[C@H]2C1. The standard InChI is InChI=1S/C24H29N3O3S/c1-30-22-12-20(31-24(25)29)9-10-21(22)23(28)27-15-18-13-26(14-19(18)16-27)11-5-8-17-6-3-2-4-7-17/h2-4,6-7,9-10,12,18-19H,5,8,11,13-16H2,1H3,(H2,25,29)/t18-,19?/m0/s1. The van der Waals surface area contributed by atoms with Crippen LogP contribution in [0.5, 0.6) is 5.75 Å². The molecule has 2 amide bonds. The first-order valence-corrected chi connectivity index (χ1v) is 11.6. The fourth-order valence-corrected chi connectivity index (χ4v) is 5.32. The Morgan fingerprint density at radius 1 is 1.06 bits per heavy atom. The van der Waals surface area contributed by atoms with E-state index < -0.39 is 5.24 Å². The van der Waals surface area contributed by atoms with Crippen LogP contribution in [0.1, 0.15) is 22.3 Å². The summed E-state index contributed by atoms with van der Waals surface area (Å²) in [5.41, 5.74) is 7.18. The first-order chi connectivity index (χ1) is 15.0. The summed E-state index contributed by atoms with van der Waals surface area (Å²) in [6.45, 7) is 4.82. The van der Waals surface area contributed by atoms with Gasteiger partial charge in [-0.2, -0.15) is 0 Å². The third-order valence-corrected chi connectivity index (χ3v) is 6.94. The second-order valence-corrected chi connectivity index (χ2v) is 9.44. The predicted molar refractivity (Wildman–Crippen MR) is 123 cm³/mol. The van der Waals surface area contributed by atoms with E-state index >= 15 is 0 Å². The Hall–Kier alpha value is -2.51. The van der Waals surface area contributed by atoms with Gasteiger partial charge in [-0.3, -0.25) is 9.59 Å². The molecular formula is C24H29N3O3S. The van der Waals surface area contributed by atoms with Crippen molar-refractivity contribution in [2.75, 3.05) is 39.8 Å². The number of benzene rings is 2. The van der Waals surface area contributed by atoms with Gasteiger partial charge in [0.2, 0.25) is 0 Å². The molecule has 1 unspecified atom stereocenters. The van der Waals surface area contributed by atoms with Crippen LogP contribution in [-0.2, 0) is 6.42 Å². The second kappa shape index (κ2) is 9.75. The molecular weight excluding hydrogens is 410 g/mol. The van der Waals surface area contributed by atoms with E-state index in [9.17, 15) is 9.59 Å². The van der Waals surface area contributed by atoms with Crippen molar-refractivity contribution >= 4 is 22.9 Å². The number of primary amides is 1. The Morgan fingerprint density at radius 2 is 1.77 bits per heavy atom. The van der Waals surface area contributed by atoms with E-state index in [2.05, 4.69) is 35.2 Å². The van der Waals surface area contributed by atoms with E-state index in [0.717, 1.165) is 50.9 Å². The predicted octanol–water partition coefficient (Wildman–Crippen LogP) is 3.50. The normalized spacial score (nSPS) is 20.6. The van der Waals surface area contributed by atoms with Crippen molar-refractivity contribution < 1.29 is 14.3 Å². The minimum Gasteiger partial charge on any atom is -0.496 e. The van der Waals surface area contributed by atoms with E-state index in [4.69, 9.17) is 10.5 Å². The van der Waals surface area contributed by atoms with Crippen LogP contribution in [-0.4, -0.2) is 60.8 Å². The Labute approximate surface area is 187 Å². The number of carbonyl (C=O) groups excluding carboxylic acids is 2. The summed E-state index contributed by atoms with van der Waals surface area (Å²) in [5, 5.41) is -0.484. The van der Waals surface area contributed by atoms with Crippen LogP contribution in [0.4, 0.5) is 4.79 Å². The highest BCUT2D eigenvalue weighted by molar-refractivity contribution is 8.13. The lowest BCUT2D eigenvalue weighted by molar-refractivity contribution is 0.0770. The Kier molecular flexibility index (Phi) is 6.83. The highest BCUT2D eigenvalue weighted by Crippen LogP contribution is 2.34. The summed E-state index contributed by atoms with van der Waals surface area (Å²) in [6, 6.07) is 15.8. The van der Waals surface area contributed by atoms with Crippen molar-refractivity contribution in [1.82, 2.24) is 9.80 Å². The average molecular weight is 440 g/mol. The van der Waals surface area contributed by atoms with Gasteiger partial charge < -0.3 is 20.3 Å². The summed E-state index contributed by atoms with van der Waals surface area (Å²) in [7, 11) is 1.54. The maximum atomic E-state index is 13.1.